The van der Waals surface area contributed by atoms with Crippen LogP contribution in [0, 0.1) is 0 Å². The molecule has 2 aromatic heterocycles. The number of carboxylic acid groups (broad SMARTS) is 2. The van der Waals surface area contributed by atoms with Crippen LogP contribution in [-0.2, 0) is 0 Å². The van der Waals surface area contributed by atoms with Crippen molar-refractivity contribution in [3.63, 3.8) is 0 Å². The van der Waals surface area contributed by atoms with Gasteiger partial charge >= 0.3 is 11.9 Å². The zero-order valence-corrected chi connectivity index (χ0v) is 11.2. The number of carboxylic acids is 2. The summed E-state index contributed by atoms with van der Waals surface area (Å²) in [4.78, 5) is 29.4. The predicted molar refractivity (Wildman–Crippen MR) is 71.4 cm³/mol. The number of aromatic nitrogens is 2. The highest BCUT2D eigenvalue weighted by molar-refractivity contribution is 6.45. The normalized spacial score (nSPS) is 10.3. The monoisotopic (exact) mass is 312 g/mol. The summed E-state index contributed by atoms with van der Waals surface area (Å²) in [5, 5.41) is 17.5. The minimum Gasteiger partial charge on any atom is -0.478 e. The molecule has 6 nitrogen and oxygen atoms in total. The van der Waals surface area contributed by atoms with Gasteiger partial charge in [0, 0.05) is 12.4 Å². The molecule has 0 fully saturated rings. The van der Waals surface area contributed by atoms with Crippen LogP contribution in [0.1, 0.15) is 20.7 Å². The Labute approximate surface area is 122 Å². The number of aromatic carboxylic acids is 2. The lowest BCUT2D eigenvalue weighted by Crippen LogP contribution is -2.02. The van der Waals surface area contributed by atoms with Crippen LogP contribution in [0.4, 0.5) is 0 Å². The molecule has 0 bridgehead atoms. The van der Waals surface area contributed by atoms with Gasteiger partial charge in [-0.05, 0) is 12.1 Å². The van der Waals surface area contributed by atoms with Crippen LogP contribution in [0.15, 0.2) is 24.5 Å². The number of halogens is 2. The first-order chi connectivity index (χ1) is 9.41. The summed E-state index contributed by atoms with van der Waals surface area (Å²) >= 11 is 11.8. The van der Waals surface area contributed by atoms with Gasteiger partial charge in [-0.2, -0.15) is 0 Å². The second kappa shape index (κ2) is 5.44. The van der Waals surface area contributed by atoms with Crippen molar-refractivity contribution in [1.29, 1.82) is 0 Å². The first-order valence-electron chi connectivity index (χ1n) is 5.19. The van der Waals surface area contributed by atoms with Crippen LogP contribution in [-0.4, -0.2) is 32.1 Å². The molecular weight excluding hydrogens is 307 g/mol. The lowest BCUT2D eigenvalue weighted by molar-refractivity contribution is 0.0685. The molecule has 0 aromatic carbocycles. The molecule has 102 valence electrons. The largest absolute Gasteiger partial charge is 0.478 e. The number of rotatable bonds is 3. The molecule has 0 unspecified atom stereocenters. The molecule has 0 saturated heterocycles. The lowest BCUT2D eigenvalue weighted by Gasteiger charge is -2.06. The summed E-state index contributed by atoms with van der Waals surface area (Å²) in [7, 11) is 0. The van der Waals surface area contributed by atoms with Gasteiger partial charge in [-0.3, -0.25) is 9.97 Å². The molecule has 0 aliphatic rings. The third-order valence-corrected chi connectivity index (χ3v) is 3.30. The fourth-order valence-corrected chi connectivity index (χ4v) is 1.92. The molecule has 0 aliphatic heterocycles. The van der Waals surface area contributed by atoms with Gasteiger partial charge in [-0.15, -0.1) is 0 Å². The third kappa shape index (κ3) is 2.56. The highest BCUT2D eigenvalue weighted by Gasteiger charge is 2.18. The van der Waals surface area contributed by atoms with Gasteiger partial charge in [0.15, 0.2) is 0 Å². The van der Waals surface area contributed by atoms with E-state index in [4.69, 9.17) is 33.4 Å². The molecule has 2 heterocycles. The number of nitrogens with zero attached hydrogens (tertiary/aromatic N) is 2. The molecule has 0 aliphatic carbocycles. The van der Waals surface area contributed by atoms with E-state index in [0.717, 1.165) is 12.4 Å². The van der Waals surface area contributed by atoms with E-state index in [2.05, 4.69) is 9.97 Å². The summed E-state index contributed by atoms with van der Waals surface area (Å²) in [6.45, 7) is 0. The molecule has 2 aromatic rings. The second-order valence-electron chi connectivity index (χ2n) is 3.69. The molecule has 0 radical (unpaired) electrons. The van der Waals surface area contributed by atoms with Crippen molar-refractivity contribution in [2.75, 3.05) is 0 Å². The van der Waals surface area contributed by atoms with E-state index in [1.165, 1.54) is 12.1 Å². The lowest BCUT2D eigenvalue weighted by atomic mass is 10.2. The van der Waals surface area contributed by atoms with Crippen molar-refractivity contribution in [3.05, 3.63) is 45.7 Å². The predicted octanol–water partition coefficient (Wildman–Crippen LogP) is 2.85. The zero-order chi connectivity index (χ0) is 14.9. The Morgan fingerprint density at radius 2 is 1.65 bits per heavy atom. The van der Waals surface area contributed by atoms with Crippen LogP contribution in [0.3, 0.4) is 0 Å². The number of hydrogen-bond acceptors (Lipinski definition) is 4. The Morgan fingerprint density at radius 3 is 2.15 bits per heavy atom. The first-order valence-corrected chi connectivity index (χ1v) is 5.94. The molecule has 0 saturated carbocycles. The van der Waals surface area contributed by atoms with E-state index in [1.807, 2.05) is 0 Å². The molecule has 0 atom stereocenters. The van der Waals surface area contributed by atoms with Gasteiger partial charge in [-0.25, -0.2) is 9.59 Å². The minimum atomic E-state index is -1.25. The Kier molecular flexibility index (Phi) is 3.87. The standard InChI is InChI=1S/C12H6Cl2N2O4/c13-8-6(12(19)20)4-16-10(9(8)14)7-2-1-5(3-15-7)11(17)18/h1-4H,(H,17,18)(H,19,20). The van der Waals surface area contributed by atoms with Crippen molar-refractivity contribution in [3.8, 4) is 11.4 Å². The van der Waals surface area contributed by atoms with Crippen molar-refractivity contribution in [1.82, 2.24) is 9.97 Å². The summed E-state index contributed by atoms with van der Waals surface area (Å²) < 4.78 is 0. The molecule has 20 heavy (non-hydrogen) atoms. The van der Waals surface area contributed by atoms with Crippen LogP contribution < -0.4 is 0 Å². The molecule has 2 N–H and O–H groups in total. The van der Waals surface area contributed by atoms with E-state index in [9.17, 15) is 9.59 Å². The van der Waals surface area contributed by atoms with Crippen LogP contribution in [0.25, 0.3) is 11.4 Å². The van der Waals surface area contributed by atoms with Gasteiger partial charge in [0.1, 0.15) is 5.69 Å². The molecule has 2 rings (SSSR count). The number of hydrogen-bond donors (Lipinski definition) is 2. The Bertz CT molecular complexity index is 701. The maximum Gasteiger partial charge on any atom is 0.338 e. The minimum absolute atomic E-state index is 0.0122. The van der Waals surface area contributed by atoms with Crippen molar-refractivity contribution < 1.29 is 19.8 Å². The van der Waals surface area contributed by atoms with E-state index in [1.54, 1.807) is 0 Å². The quantitative estimate of drug-likeness (QED) is 0.903. The van der Waals surface area contributed by atoms with Gasteiger partial charge < -0.3 is 10.2 Å². The Hall–Kier alpha value is -2.18. The maximum absolute atomic E-state index is 10.9. The van der Waals surface area contributed by atoms with E-state index in [-0.39, 0.29) is 26.9 Å². The average molecular weight is 313 g/mol. The van der Waals surface area contributed by atoms with E-state index in [0.29, 0.717) is 5.69 Å². The van der Waals surface area contributed by atoms with Crippen molar-refractivity contribution in [2.45, 2.75) is 0 Å². The highest BCUT2D eigenvalue weighted by Crippen LogP contribution is 2.33. The summed E-state index contributed by atoms with van der Waals surface area (Å²) in [5.74, 6) is -2.35. The molecular formula is C12H6Cl2N2O4. The molecule has 8 heteroatoms. The van der Waals surface area contributed by atoms with Crippen LogP contribution in [0.5, 0.6) is 0 Å². The highest BCUT2D eigenvalue weighted by atomic mass is 35.5. The third-order valence-electron chi connectivity index (χ3n) is 2.44. The average Bonchev–Trinajstić information content (AvgIpc) is 2.41. The summed E-state index contributed by atoms with van der Waals surface area (Å²) in [6, 6.07) is 2.75. The van der Waals surface area contributed by atoms with Crippen LogP contribution >= 0.6 is 23.2 Å². The first kappa shape index (κ1) is 14.2. The number of carbonyl (C=O) groups is 2. The van der Waals surface area contributed by atoms with Gasteiger partial charge in [0.25, 0.3) is 0 Å². The van der Waals surface area contributed by atoms with E-state index < -0.39 is 11.9 Å². The van der Waals surface area contributed by atoms with Gasteiger partial charge in [0.2, 0.25) is 0 Å². The SMILES string of the molecule is O=C(O)c1ccc(-c2ncc(C(=O)O)c(Cl)c2Cl)nc1. The fraction of sp³-hybridized carbons (Fsp3) is 0. The van der Waals surface area contributed by atoms with Gasteiger partial charge in [0.05, 0.1) is 26.9 Å². The Morgan fingerprint density at radius 1 is 0.950 bits per heavy atom. The smallest absolute Gasteiger partial charge is 0.338 e. The fourth-order valence-electron chi connectivity index (χ4n) is 1.45. The van der Waals surface area contributed by atoms with Crippen molar-refractivity contribution >= 4 is 35.1 Å². The van der Waals surface area contributed by atoms with Crippen molar-refractivity contribution in [2.24, 2.45) is 0 Å². The van der Waals surface area contributed by atoms with E-state index >= 15 is 0 Å². The molecule has 0 spiro atoms. The summed E-state index contributed by atoms with van der Waals surface area (Å²) in [5.41, 5.74) is 0.262. The zero-order valence-electron chi connectivity index (χ0n) is 9.67. The Balaban J connectivity index is 2.51. The maximum atomic E-state index is 10.9. The second-order valence-corrected chi connectivity index (χ2v) is 4.45. The number of pyridine rings is 2. The van der Waals surface area contributed by atoms with Crippen LogP contribution in [0.2, 0.25) is 10.0 Å². The molecule has 0 amide bonds. The van der Waals surface area contributed by atoms with Gasteiger partial charge in [-0.1, -0.05) is 23.2 Å². The topological polar surface area (TPSA) is 100 Å². The summed E-state index contributed by atoms with van der Waals surface area (Å²) in [6.07, 6.45) is 2.22.